The molecule has 1 aliphatic heterocycles. The Labute approximate surface area is 147 Å². The van der Waals surface area contributed by atoms with E-state index in [4.69, 9.17) is 0 Å². The third-order valence-electron chi connectivity index (χ3n) is 5.38. The Bertz CT molecular complexity index is 689. The highest BCUT2D eigenvalue weighted by Crippen LogP contribution is 2.41. The zero-order valence-corrected chi connectivity index (χ0v) is 14.9. The fourth-order valence-corrected chi connectivity index (χ4v) is 4.97. The molecule has 2 aromatic rings. The summed E-state index contributed by atoms with van der Waals surface area (Å²) in [7, 11) is 2.20. The van der Waals surface area contributed by atoms with Crippen molar-refractivity contribution in [2.24, 2.45) is 5.92 Å². The average molecular weight is 343 g/mol. The van der Waals surface area contributed by atoms with Gasteiger partial charge in [-0.15, -0.1) is 11.3 Å². The number of thiophene rings is 1. The van der Waals surface area contributed by atoms with Gasteiger partial charge in [-0.05, 0) is 68.6 Å². The summed E-state index contributed by atoms with van der Waals surface area (Å²) in [6, 6.07) is 6.70. The Hall–Kier alpha value is -1.59. The number of rotatable bonds is 5. The van der Waals surface area contributed by atoms with Crippen LogP contribution in [0.4, 0.5) is 0 Å². The van der Waals surface area contributed by atoms with Gasteiger partial charge < -0.3 is 10.3 Å². The van der Waals surface area contributed by atoms with Gasteiger partial charge in [0.15, 0.2) is 0 Å². The maximum Gasteiger partial charge on any atom is 0.253 e. The minimum atomic E-state index is 0.0799. The number of carbonyl (C=O) groups excluding carboxylic acids is 1. The first-order chi connectivity index (χ1) is 11.7. The summed E-state index contributed by atoms with van der Waals surface area (Å²) in [6.45, 7) is 1.89. The number of amides is 1. The van der Waals surface area contributed by atoms with Gasteiger partial charge in [-0.2, -0.15) is 0 Å². The van der Waals surface area contributed by atoms with Crippen LogP contribution in [0.25, 0.3) is 0 Å². The van der Waals surface area contributed by atoms with Gasteiger partial charge in [0.25, 0.3) is 5.91 Å². The lowest BCUT2D eigenvalue weighted by Gasteiger charge is -2.38. The topological polar surface area (TPSA) is 48.1 Å². The number of aromatic amines is 1. The van der Waals surface area contributed by atoms with Crippen LogP contribution in [0.3, 0.4) is 0 Å². The van der Waals surface area contributed by atoms with Crippen LogP contribution in [0.5, 0.6) is 0 Å². The van der Waals surface area contributed by atoms with E-state index in [0.717, 1.165) is 24.3 Å². The highest BCUT2D eigenvalue weighted by atomic mass is 32.1. The van der Waals surface area contributed by atoms with Gasteiger partial charge in [-0.3, -0.25) is 9.69 Å². The second kappa shape index (κ2) is 6.73. The van der Waals surface area contributed by atoms with Crippen molar-refractivity contribution in [3.63, 3.8) is 0 Å². The molecule has 2 aliphatic rings. The molecule has 1 saturated carbocycles. The van der Waals surface area contributed by atoms with Crippen LogP contribution in [-0.2, 0) is 0 Å². The number of carbonyl (C=O) groups is 1. The molecule has 0 bridgehead atoms. The molecule has 2 aromatic heterocycles. The van der Waals surface area contributed by atoms with Crippen LogP contribution in [0, 0.1) is 5.92 Å². The zero-order chi connectivity index (χ0) is 16.5. The highest BCUT2D eigenvalue weighted by molar-refractivity contribution is 7.10. The number of hydrogen-bond acceptors (Lipinski definition) is 3. The van der Waals surface area contributed by atoms with Gasteiger partial charge in [0.1, 0.15) is 0 Å². The fourth-order valence-electron chi connectivity index (χ4n) is 3.99. The number of nitrogens with zero attached hydrogens (tertiary/aromatic N) is 1. The Morgan fingerprint density at radius 2 is 2.25 bits per heavy atom. The van der Waals surface area contributed by atoms with Gasteiger partial charge in [0, 0.05) is 29.4 Å². The van der Waals surface area contributed by atoms with Gasteiger partial charge in [0.05, 0.1) is 5.56 Å². The molecule has 0 spiro atoms. The van der Waals surface area contributed by atoms with E-state index >= 15 is 0 Å². The molecule has 24 heavy (non-hydrogen) atoms. The van der Waals surface area contributed by atoms with E-state index in [-0.39, 0.29) is 5.91 Å². The van der Waals surface area contributed by atoms with Crippen LogP contribution in [-0.4, -0.2) is 35.9 Å². The van der Waals surface area contributed by atoms with E-state index in [9.17, 15) is 4.79 Å². The highest BCUT2D eigenvalue weighted by Gasteiger charge is 2.32. The first kappa shape index (κ1) is 15.9. The second-order valence-corrected chi connectivity index (χ2v) is 8.11. The maximum absolute atomic E-state index is 12.6. The smallest absolute Gasteiger partial charge is 0.253 e. The molecule has 4 nitrogen and oxygen atoms in total. The van der Waals surface area contributed by atoms with Crippen molar-refractivity contribution in [3.05, 3.63) is 45.9 Å². The van der Waals surface area contributed by atoms with Gasteiger partial charge in [-0.25, -0.2) is 0 Å². The van der Waals surface area contributed by atoms with Crippen LogP contribution >= 0.6 is 11.3 Å². The molecule has 3 heterocycles. The lowest BCUT2D eigenvalue weighted by molar-refractivity contribution is 0.0894. The molecule has 1 amide bonds. The van der Waals surface area contributed by atoms with Crippen molar-refractivity contribution in [3.8, 4) is 0 Å². The molecule has 2 fully saturated rings. The molecule has 2 N–H and O–H groups in total. The first-order valence-electron chi connectivity index (χ1n) is 8.93. The van der Waals surface area contributed by atoms with E-state index < -0.39 is 0 Å². The number of H-pyrrole nitrogens is 1. The summed E-state index contributed by atoms with van der Waals surface area (Å²) in [4.78, 5) is 19.7. The normalized spacial score (nSPS) is 24.9. The summed E-state index contributed by atoms with van der Waals surface area (Å²) in [5, 5.41) is 5.36. The average Bonchev–Trinajstić information content (AvgIpc) is 3.09. The maximum atomic E-state index is 12.6. The third kappa shape index (κ3) is 3.15. The van der Waals surface area contributed by atoms with E-state index in [0.29, 0.717) is 17.9 Å². The molecule has 128 valence electrons. The molecular weight excluding hydrogens is 318 g/mol. The summed E-state index contributed by atoms with van der Waals surface area (Å²) >= 11 is 1.82. The summed E-state index contributed by atoms with van der Waals surface area (Å²) in [6.07, 6.45) is 6.68. The molecule has 1 saturated heterocycles. The monoisotopic (exact) mass is 343 g/mol. The van der Waals surface area contributed by atoms with E-state index in [1.165, 1.54) is 30.6 Å². The lowest BCUT2D eigenvalue weighted by Crippen LogP contribution is -2.41. The summed E-state index contributed by atoms with van der Waals surface area (Å²) in [5.41, 5.74) is 1.97. The second-order valence-electron chi connectivity index (χ2n) is 7.13. The van der Waals surface area contributed by atoms with Crippen molar-refractivity contribution in [1.82, 2.24) is 15.2 Å². The number of aromatic nitrogens is 1. The molecule has 2 atom stereocenters. The Balaban J connectivity index is 1.43. The van der Waals surface area contributed by atoms with E-state index in [1.807, 2.05) is 23.6 Å². The number of hydrogen-bond donors (Lipinski definition) is 2. The van der Waals surface area contributed by atoms with Crippen molar-refractivity contribution >= 4 is 17.2 Å². The summed E-state index contributed by atoms with van der Waals surface area (Å²) in [5.74, 6) is 1.13. The Morgan fingerprint density at radius 1 is 1.38 bits per heavy atom. The van der Waals surface area contributed by atoms with Crippen molar-refractivity contribution in [2.45, 2.75) is 37.6 Å². The Kier molecular flexibility index (Phi) is 4.46. The lowest BCUT2D eigenvalue weighted by atomic mass is 9.88. The number of likely N-dealkylation sites (tertiary alicyclic amines) is 1. The number of piperidine rings is 1. The van der Waals surface area contributed by atoms with Gasteiger partial charge >= 0.3 is 0 Å². The zero-order valence-electron chi connectivity index (χ0n) is 14.1. The predicted octanol–water partition coefficient (Wildman–Crippen LogP) is 3.77. The predicted molar refractivity (Wildman–Crippen MR) is 97.5 cm³/mol. The molecule has 1 aliphatic carbocycles. The number of nitrogens with one attached hydrogen (secondary N) is 2. The van der Waals surface area contributed by atoms with Gasteiger partial charge in [0.2, 0.25) is 0 Å². The van der Waals surface area contributed by atoms with E-state index in [1.54, 1.807) is 0 Å². The molecule has 0 unspecified atom stereocenters. The van der Waals surface area contributed by atoms with Crippen LogP contribution in [0.15, 0.2) is 29.8 Å². The van der Waals surface area contributed by atoms with Crippen LogP contribution in [0.1, 0.15) is 58.6 Å². The fraction of sp³-hybridized carbons (Fsp3) is 0.526. The van der Waals surface area contributed by atoms with Crippen molar-refractivity contribution in [2.75, 3.05) is 20.1 Å². The summed E-state index contributed by atoms with van der Waals surface area (Å²) < 4.78 is 0. The Morgan fingerprint density at radius 3 is 3.00 bits per heavy atom. The van der Waals surface area contributed by atoms with Crippen molar-refractivity contribution < 1.29 is 4.79 Å². The quantitative estimate of drug-likeness (QED) is 0.868. The minimum absolute atomic E-state index is 0.0799. The van der Waals surface area contributed by atoms with Crippen LogP contribution in [0.2, 0.25) is 0 Å². The van der Waals surface area contributed by atoms with Gasteiger partial charge in [-0.1, -0.05) is 6.07 Å². The molecular formula is C19H25N3OS. The standard InChI is InChI=1S/C19H25N3OS/c1-22-10-2-4-14(18(22)16-5-3-11-24-16)12-21-19(23)15-8-9-20-17(15)13-6-7-13/h3,5,8-9,11,13-14,18,20H,2,4,6-7,10,12H2,1H3,(H,21,23)/t14-,18-/m1/s1. The molecule has 5 heteroatoms. The third-order valence-corrected chi connectivity index (χ3v) is 6.32. The van der Waals surface area contributed by atoms with Crippen LogP contribution < -0.4 is 5.32 Å². The minimum Gasteiger partial charge on any atom is -0.364 e. The van der Waals surface area contributed by atoms with Crippen molar-refractivity contribution in [1.29, 1.82) is 0 Å². The molecule has 4 rings (SSSR count). The molecule has 0 aromatic carbocycles. The van der Waals surface area contributed by atoms with E-state index in [2.05, 4.69) is 39.8 Å². The SMILES string of the molecule is CN1CCC[C@H](CNC(=O)c2cc[nH]c2C2CC2)[C@@H]1c1cccs1. The largest absolute Gasteiger partial charge is 0.364 e. The molecule has 0 radical (unpaired) electrons. The first-order valence-corrected chi connectivity index (χ1v) is 9.81.